The van der Waals surface area contributed by atoms with Gasteiger partial charge in [0.25, 0.3) is 5.91 Å². The summed E-state index contributed by atoms with van der Waals surface area (Å²) >= 11 is 0. The van der Waals surface area contributed by atoms with Gasteiger partial charge >= 0.3 is 0 Å². The third-order valence-corrected chi connectivity index (χ3v) is 4.90. The number of carbonyl (C=O) groups excluding carboxylic acids is 1. The van der Waals surface area contributed by atoms with E-state index < -0.39 is 0 Å². The van der Waals surface area contributed by atoms with Gasteiger partial charge in [0, 0.05) is 51.0 Å². The van der Waals surface area contributed by atoms with E-state index in [4.69, 9.17) is 4.42 Å². The Hall–Kier alpha value is -2.01. The summed E-state index contributed by atoms with van der Waals surface area (Å²) in [6, 6.07) is 6.20. The van der Waals surface area contributed by atoms with Crippen LogP contribution in [0.15, 0.2) is 41.3 Å². The van der Waals surface area contributed by atoms with Gasteiger partial charge in [-0.2, -0.15) is 0 Å². The molecular weight excluding hydrogens is 278 g/mol. The van der Waals surface area contributed by atoms with Crippen molar-refractivity contribution in [3.8, 4) is 0 Å². The molecule has 0 saturated carbocycles. The highest BCUT2D eigenvalue weighted by atomic mass is 16.3. The van der Waals surface area contributed by atoms with E-state index in [1.165, 1.54) is 5.56 Å². The molecule has 5 heteroatoms. The van der Waals surface area contributed by atoms with E-state index in [0.29, 0.717) is 12.0 Å². The minimum atomic E-state index is 0.171. The van der Waals surface area contributed by atoms with Crippen LogP contribution in [0.4, 0.5) is 0 Å². The molecule has 5 nitrogen and oxygen atoms in total. The lowest BCUT2D eigenvalue weighted by atomic mass is 9.99. The van der Waals surface area contributed by atoms with Crippen LogP contribution in [0.3, 0.4) is 0 Å². The molecule has 1 amide bonds. The molecule has 2 aliphatic heterocycles. The van der Waals surface area contributed by atoms with Crippen molar-refractivity contribution in [2.45, 2.75) is 19.0 Å². The molecule has 116 valence electrons. The molecule has 0 N–H and O–H groups in total. The van der Waals surface area contributed by atoms with Crippen molar-refractivity contribution in [3.63, 3.8) is 0 Å². The molecule has 22 heavy (non-hydrogen) atoms. The molecule has 2 aliphatic rings. The predicted molar refractivity (Wildman–Crippen MR) is 82.3 cm³/mol. The zero-order valence-electron chi connectivity index (χ0n) is 12.8. The van der Waals surface area contributed by atoms with Gasteiger partial charge in [-0.15, -0.1) is 0 Å². The summed E-state index contributed by atoms with van der Waals surface area (Å²) in [5.74, 6) is 0.764. The topological polar surface area (TPSA) is 41.6 Å². The van der Waals surface area contributed by atoms with Crippen LogP contribution in [0, 0.1) is 5.92 Å². The lowest BCUT2D eigenvalue weighted by molar-refractivity contribution is 0.0702. The summed E-state index contributed by atoms with van der Waals surface area (Å²) in [4.78, 5) is 17.3. The summed E-state index contributed by atoms with van der Waals surface area (Å²) in [5.41, 5.74) is 2.00. The maximum atomic E-state index is 12.8. The summed E-state index contributed by atoms with van der Waals surface area (Å²) in [7, 11) is 1.93. The molecule has 0 aromatic carbocycles. The van der Waals surface area contributed by atoms with E-state index in [1.54, 1.807) is 6.26 Å². The van der Waals surface area contributed by atoms with E-state index in [0.717, 1.165) is 38.3 Å². The lowest BCUT2D eigenvalue weighted by Gasteiger charge is -2.32. The Morgan fingerprint density at radius 2 is 2.23 bits per heavy atom. The van der Waals surface area contributed by atoms with E-state index in [2.05, 4.69) is 9.80 Å². The highest BCUT2D eigenvalue weighted by Crippen LogP contribution is 2.31. The van der Waals surface area contributed by atoms with E-state index >= 15 is 0 Å². The lowest BCUT2D eigenvalue weighted by Crippen LogP contribution is -2.43. The Kier molecular flexibility index (Phi) is 3.30. The monoisotopic (exact) mass is 299 g/mol. The maximum Gasteiger partial charge on any atom is 0.270 e. The van der Waals surface area contributed by atoms with E-state index in [-0.39, 0.29) is 5.91 Å². The van der Waals surface area contributed by atoms with Crippen molar-refractivity contribution in [2.75, 3.05) is 19.6 Å². The zero-order valence-corrected chi connectivity index (χ0v) is 12.8. The van der Waals surface area contributed by atoms with Crippen LogP contribution in [-0.4, -0.2) is 46.0 Å². The fourth-order valence-corrected chi connectivity index (χ4v) is 3.91. The number of furan rings is 1. The number of aryl methyl sites for hydroxylation is 1. The fourth-order valence-electron chi connectivity index (χ4n) is 3.91. The minimum Gasteiger partial charge on any atom is -0.472 e. The third-order valence-electron chi connectivity index (χ3n) is 4.90. The van der Waals surface area contributed by atoms with Gasteiger partial charge in [0.1, 0.15) is 5.69 Å². The molecule has 4 heterocycles. The first kappa shape index (κ1) is 13.6. The van der Waals surface area contributed by atoms with Gasteiger partial charge in [-0.05, 0) is 30.5 Å². The van der Waals surface area contributed by atoms with Gasteiger partial charge < -0.3 is 13.9 Å². The number of rotatable bonds is 3. The average molecular weight is 299 g/mol. The van der Waals surface area contributed by atoms with Crippen LogP contribution < -0.4 is 0 Å². The predicted octanol–water partition coefficient (Wildman–Crippen LogP) is 1.96. The van der Waals surface area contributed by atoms with Gasteiger partial charge in [0.2, 0.25) is 0 Å². The van der Waals surface area contributed by atoms with E-state index in [9.17, 15) is 4.79 Å². The van der Waals surface area contributed by atoms with E-state index in [1.807, 2.05) is 42.3 Å². The van der Waals surface area contributed by atoms with Gasteiger partial charge in [-0.3, -0.25) is 9.69 Å². The second-order valence-electron chi connectivity index (χ2n) is 6.54. The standard InChI is InChI=1S/C17H21N3O2/c1-18-5-2-3-16(18)17(21)20-10-14-7-15(20)11-19(9-14)8-13-4-6-22-12-13/h2-6,12,14-15H,7-11H2,1H3/t14-,15-/m0/s1. The van der Waals surface area contributed by atoms with Crippen molar-refractivity contribution < 1.29 is 9.21 Å². The zero-order chi connectivity index (χ0) is 15.1. The van der Waals surface area contributed by atoms with Crippen molar-refractivity contribution in [2.24, 2.45) is 13.0 Å². The minimum absolute atomic E-state index is 0.171. The molecule has 2 aromatic heterocycles. The Bertz CT molecular complexity index is 661. The Balaban J connectivity index is 1.47. The van der Waals surface area contributed by atoms with Crippen LogP contribution in [0.5, 0.6) is 0 Å². The van der Waals surface area contributed by atoms with Crippen molar-refractivity contribution in [1.82, 2.24) is 14.4 Å². The smallest absolute Gasteiger partial charge is 0.270 e. The van der Waals surface area contributed by atoms with Crippen LogP contribution in [-0.2, 0) is 13.6 Å². The molecule has 2 atom stereocenters. The molecule has 0 unspecified atom stereocenters. The molecule has 0 spiro atoms. The number of hydrogen-bond donors (Lipinski definition) is 0. The molecule has 2 saturated heterocycles. The molecule has 2 fully saturated rings. The Morgan fingerprint density at radius 3 is 2.95 bits per heavy atom. The van der Waals surface area contributed by atoms with Crippen LogP contribution in [0.2, 0.25) is 0 Å². The number of nitrogens with zero attached hydrogens (tertiary/aromatic N) is 3. The summed E-state index contributed by atoms with van der Waals surface area (Å²) in [5, 5.41) is 0. The number of fused-ring (bicyclic) bond motifs is 2. The van der Waals surface area contributed by atoms with Crippen molar-refractivity contribution in [1.29, 1.82) is 0 Å². The molecule has 2 bridgehead atoms. The molecular formula is C17H21N3O2. The summed E-state index contributed by atoms with van der Waals surface area (Å²) < 4.78 is 7.06. The van der Waals surface area contributed by atoms with Gasteiger partial charge in [-0.1, -0.05) is 0 Å². The highest BCUT2D eigenvalue weighted by Gasteiger charge is 2.41. The maximum absolute atomic E-state index is 12.8. The van der Waals surface area contributed by atoms with Crippen molar-refractivity contribution >= 4 is 5.91 Å². The van der Waals surface area contributed by atoms with Crippen molar-refractivity contribution in [3.05, 3.63) is 48.2 Å². The number of hydrogen-bond acceptors (Lipinski definition) is 3. The number of likely N-dealkylation sites (tertiary alicyclic amines) is 2. The number of piperidine rings is 1. The second kappa shape index (κ2) is 5.32. The molecule has 2 aromatic rings. The molecule has 0 radical (unpaired) electrons. The first-order valence-corrected chi connectivity index (χ1v) is 7.86. The quantitative estimate of drug-likeness (QED) is 0.870. The SMILES string of the molecule is Cn1cccc1C(=O)N1C[C@H]2C[C@H]1CN(Cc1ccoc1)C2. The first-order valence-electron chi connectivity index (χ1n) is 7.86. The van der Waals surface area contributed by atoms with Crippen LogP contribution in [0.25, 0.3) is 0 Å². The number of amides is 1. The second-order valence-corrected chi connectivity index (χ2v) is 6.54. The van der Waals surface area contributed by atoms with Gasteiger partial charge in [-0.25, -0.2) is 0 Å². The molecule has 0 aliphatic carbocycles. The normalized spacial score (nSPS) is 24.9. The summed E-state index contributed by atoms with van der Waals surface area (Å²) in [6.07, 6.45) is 6.60. The Labute approximate surface area is 130 Å². The number of carbonyl (C=O) groups is 1. The molecule has 4 rings (SSSR count). The fraction of sp³-hybridized carbons (Fsp3) is 0.471. The first-order chi connectivity index (χ1) is 10.7. The third kappa shape index (κ3) is 2.35. The average Bonchev–Trinajstić information content (AvgIpc) is 3.20. The number of aromatic nitrogens is 1. The largest absolute Gasteiger partial charge is 0.472 e. The summed E-state index contributed by atoms with van der Waals surface area (Å²) in [6.45, 7) is 3.82. The van der Waals surface area contributed by atoms with Crippen LogP contribution in [0.1, 0.15) is 22.5 Å². The van der Waals surface area contributed by atoms with Crippen LogP contribution >= 0.6 is 0 Å². The van der Waals surface area contributed by atoms with Gasteiger partial charge in [0.05, 0.1) is 12.5 Å². The van der Waals surface area contributed by atoms with Gasteiger partial charge in [0.15, 0.2) is 0 Å². The highest BCUT2D eigenvalue weighted by molar-refractivity contribution is 5.93. The Morgan fingerprint density at radius 1 is 1.32 bits per heavy atom.